The number of para-hydroxylation sites is 1. The van der Waals surface area contributed by atoms with Crippen LogP contribution in [0.25, 0.3) is 22.2 Å². The van der Waals surface area contributed by atoms with Gasteiger partial charge in [-0.3, -0.25) is 9.97 Å². The molecule has 0 unspecified atom stereocenters. The Labute approximate surface area is 156 Å². The number of pyridine rings is 2. The van der Waals surface area contributed by atoms with Crippen molar-refractivity contribution in [3.05, 3.63) is 78.4 Å². The molecule has 8 heteroatoms. The second kappa shape index (κ2) is 7.26. The maximum absolute atomic E-state index is 12.5. The van der Waals surface area contributed by atoms with Crippen molar-refractivity contribution >= 4 is 21.0 Å². The topological polar surface area (TPSA) is 98.0 Å². The summed E-state index contributed by atoms with van der Waals surface area (Å²) in [4.78, 5) is 8.46. The van der Waals surface area contributed by atoms with Gasteiger partial charge in [0.2, 0.25) is 10.0 Å². The zero-order valence-corrected chi connectivity index (χ0v) is 15.1. The van der Waals surface area contributed by atoms with E-state index in [1.165, 1.54) is 0 Å². The van der Waals surface area contributed by atoms with Crippen molar-refractivity contribution in [2.45, 2.75) is 12.3 Å². The van der Waals surface area contributed by atoms with Crippen molar-refractivity contribution in [3.63, 3.8) is 0 Å². The maximum Gasteiger partial charge on any atom is 0.217 e. The van der Waals surface area contributed by atoms with Crippen LogP contribution in [0.5, 0.6) is 0 Å². The van der Waals surface area contributed by atoms with Gasteiger partial charge in [-0.2, -0.15) is 0 Å². The van der Waals surface area contributed by atoms with E-state index in [0.29, 0.717) is 22.4 Å². The van der Waals surface area contributed by atoms with Crippen molar-refractivity contribution in [3.8, 4) is 11.3 Å². The highest BCUT2D eigenvalue weighted by atomic mass is 32.2. The molecule has 136 valence electrons. The van der Waals surface area contributed by atoms with Gasteiger partial charge in [0, 0.05) is 36.1 Å². The van der Waals surface area contributed by atoms with Crippen molar-refractivity contribution in [1.29, 1.82) is 0 Å². The number of nitrogens with one attached hydrogen (secondary N) is 1. The summed E-state index contributed by atoms with van der Waals surface area (Å²) in [6.45, 7) is 0.121. The van der Waals surface area contributed by atoms with Gasteiger partial charge in [-0.25, -0.2) is 13.1 Å². The molecule has 1 N–H and O–H groups in total. The number of rotatable bonds is 6. The van der Waals surface area contributed by atoms with Gasteiger partial charge in [-0.05, 0) is 35.9 Å². The van der Waals surface area contributed by atoms with Crippen LogP contribution in [0.2, 0.25) is 0 Å². The van der Waals surface area contributed by atoms with Crippen LogP contribution in [-0.2, 0) is 22.3 Å². The molecular formula is C19H16N4O3S. The van der Waals surface area contributed by atoms with Gasteiger partial charge in [0.05, 0.1) is 5.69 Å². The van der Waals surface area contributed by atoms with Gasteiger partial charge in [-0.15, -0.1) is 0 Å². The van der Waals surface area contributed by atoms with Gasteiger partial charge in [0.15, 0.2) is 5.58 Å². The first-order valence-corrected chi connectivity index (χ1v) is 9.92. The molecule has 4 rings (SSSR count). The Balaban J connectivity index is 1.53. The number of aromatic nitrogens is 3. The molecule has 1 aromatic carbocycles. The molecule has 0 bridgehead atoms. The molecule has 0 aliphatic heterocycles. The number of fused-ring (bicyclic) bond motifs is 1. The van der Waals surface area contributed by atoms with E-state index in [1.54, 1.807) is 36.8 Å². The summed E-state index contributed by atoms with van der Waals surface area (Å²) >= 11 is 0. The van der Waals surface area contributed by atoms with Crippen molar-refractivity contribution in [1.82, 2.24) is 19.8 Å². The van der Waals surface area contributed by atoms with Crippen LogP contribution in [0.4, 0.5) is 0 Å². The van der Waals surface area contributed by atoms with Crippen LogP contribution < -0.4 is 4.72 Å². The normalized spacial score (nSPS) is 11.7. The highest BCUT2D eigenvalue weighted by molar-refractivity contribution is 7.88. The lowest BCUT2D eigenvalue weighted by Gasteiger charge is -2.10. The standard InChI is InChI=1S/C19H16N4O3S/c24-27(25,13-17-16-7-1-2-8-18(16)26-23-17)22-12-15-6-4-10-21-19(15)14-5-3-9-20-11-14/h1-11,22H,12-13H2. The highest BCUT2D eigenvalue weighted by Crippen LogP contribution is 2.21. The third-order valence-electron chi connectivity index (χ3n) is 4.09. The molecule has 4 aromatic rings. The first-order chi connectivity index (χ1) is 13.1. The molecule has 0 amide bonds. The Bertz CT molecular complexity index is 1170. The van der Waals surface area contributed by atoms with E-state index in [-0.39, 0.29) is 12.3 Å². The SMILES string of the molecule is O=S(=O)(Cc1noc2ccccc12)NCc1cccnc1-c1cccnc1. The molecule has 3 aromatic heterocycles. The lowest BCUT2D eigenvalue weighted by atomic mass is 10.1. The molecule has 0 saturated heterocycles. The van der Waals surface area contributed by atoms with Gasteiger partial charge in [0.1, 0.15) is 11.4 Å². The maximum atomic E-state index is 12.5. The Morgan fingerprint density at radius 1 is 1.00 bits per heavy atom. The van der Waals surface area contributed by atoms with Gasteiger partial charge < -0.3 is 4.52 Å². The molecule has 0 spiro atoms. The minimum atomic E-state index is -3.61. The average molecular weight is 380 g/mol. The molecule has 0 atom stereocenters. The highest BCUT2D eigenvalue weighted by Gasteiger charge is 2.18. The Morgan fingerprint density at radius 2 is 1.85 bits per heavy atom. The van der Waals surface area contributed by atoms with Crippen LogP contribution in [-0.4, -0.2) is 23.5 Å². The van der Waals surface area contributed by atoms with Gasteiger partial charge in [0.25, 0.3) is 0 Å². The van der Waals surface area contributed by atoms with E-state index in [1.807, 2.05) is 30.3 Å². The van der Waals surface area contributed by atoms with Crippen LogP contribution in [0, 0.1) is 0 Å². The number of hydrogen-bond donors (Lipinski definition) is 1. The smallest absolute Gasteiger partial charge is 0.217 e. The second-order valence-corrected chi connectivity index (χ2v) is 7.77. The molecule has 7 nitrogen and oxygen atoms in total. The van der Waals surface area contributed by atoms with E-state index in [9.17, 15) is 8.42 Å². The van der Waals surface area contributed by atoms with Crippen LogP contribution in [0.15, 0.2) is 71.6 Å². The molecule has 3 heterocycles. The van der Waals surface area contributed by atoms with Gasteiger partial charge >= 0.3 is 0 Å². The molecule has 0 fully saturated rings. The van der Waals surface area contributed by atoms with Crippen molar-refractivity contribution < 1.29 is 12.9 Å². The van der Waals surface area contributed by atoms with Crippen LogP contribution in [0.3, 0.4) is 0 Å². The fourth-order valence-electron chi connectivity index (χ4n) is 2.80. The van der Waals surface area contributed by atoms with Crippen LogP contribution in [0.1, 0.15) is 11.3 Å². The zero-order chi connectivity index (χ0) is 18.7. The second-order valence-electron chi connectivity index (χ2n) is 5.96. The van der Waals surface area contributed by atoms with E-state index < -0.39 is 10.0 Å². The van der Waals surface area contributed by atoms with E-state index in [2.05, 4.69) is 19.8 Å². The van der Waals surface area contributed by atoms with Crippen molar-refractivity contribution in [2.75, 3.05) is 0 Å². The first kappa shape index (κ1) is 17.3. The lowest BCUT2D eigenvalue weighted by Crippen LogP contribution is -2.25. The fourth-order valence-corrected chi connectivity index (χ4v) is 3.85. The quantitative estimate of drug-likeness (QED) is 0.552. The van der Waals surface area contributed by atoms with E-state index >= 15 is 0 Å². The van der Waals surface area contributed by atoms with Crippen molar-refractivity contribution in [2.24, 2.45) is 0 Å². The number of nitrogens with zero attached hydrogens (tertiary/aromatic N) is 3. The zero-order valence-electron chi connectivity index (χ0n) is 14.2. The summed E-state index contributed by atoms with van der Waals surface area (Å²) in [6, 6.07) is 14.5. The molecule has 0 saturated carbocycles. The third-order valence-corrected chi connectivity index (χ3v) is 5.33. The summed E-state index contributed by atoms with van der Waals surface area (Å²) in [5.41, 5.74) is 3.24. The average Bonchev–Trinajstić information content (AvgIpc) is 3.10. The molecular weight excluding hydrogens is 364 g/mol. The Hall–Kier alpha value is -3.10. The molecule has 27 heavy (non-hydrogen) atoms. The predicted octanol–water partition coefficient (Wildman–Crippen LogP) is 2.90. The third kappa shape index (κ3) is 3.86. The summed E-state index contributed by atoms with van der Waals surface area (Å²) in [5.74, 6) is -0.257. The van der Waals surface area contributed by atoms with Crippen LogP contribution >= 0.6 is 0 Å². The minimum absolute atomic E-state index is 0.121. The molecule has 0 aliphatic rings. The monoisotopic (exact) mass is 380 g/mol. The summed E-state index contributed by atoms with van der Waals surface area (Å²) < 4.78 is 32.9. The summed E-state index contributed by atoms with van der Waals surface area (Å²) in [5, 5.41) is 4.58. The first-order valence-electron chi connectivity index (χ1n) is 8.27. The van der Waals surface area contributed by atoms with E-state index in [4.69, 9.17) is 4.52 Å². The number of sulfonamides is 1. The summed E-state index contributed by atoms with van der Waals surface area (Å²) in [7, 11) is -3.61. The summed E-state index contributed by atoms with van der Waals surface area (Å²) in [6.07, 6.45) is 5.04. The number of benzene rings is 1. The minimum Gasteiger partial charge on any atom is -0.356 e. The van der Waals surface area contributed by atoms with Gasteiger partial charge in [-0.1, -0.05) is 23.4 Å². The number of hydrogen-bond acceptors (Lipinski definition) is 6. The fraction of sp³-hybridized carbons (Fsp3) is 0.105. The predicted molar refractivity (Wildman–Crippen MR) is 101 cm³/mol. The van der Waals surface area contributed by atoms with E-state index in [0.717, 1.165) is 11.1 Å². The Kier molecular flexibility index (Phi) is 4.66. The lowest BCUT2D eigenvalue weighted by molar-refractivity contribution is 0.448. The molecule has 0 radical (unpaired) electrons. The molecule has 0 aliphatic carbocycles. The Morgan fingerprint density at radius 3 is 2.70 bits per heavy atom. The largest absolute Gasteiger partial charge is 0.356 e.